The average Bonchev–Trinajstić information content (AvgIpc) is 3.05. The number of aromatic amines is 1. The Kier molecular flexibility index (Phi) is 4.07. The van der Waals surface area contributed by atoms with Gasteiger partial charge in [-0.05, 0) is 35.9 Å². The van der Waals surface area contributed by atoms with E-state index in [9.17, 15) is 4.79 Å². The first kappa shape index (κ1) is 15.6. The lowest BCUT2D eigenvalue weighted by molar-refractivity contribution is 0.415. The molecule has 2 aromatic carbocycles. The van der Waals surface area contributed by atoms with Crippen LogP contribution in [0.4, 0.5) is 0 Å². The summed E-state index contributed by atoms with van der Waals surface area (Å²) >= 11 is 1.57. The molecule has 2 aromatic heterocycles. The second-order valence-corrected chi connectivity index (χ2v) is 6.85. The van der Waals surface area contributed by atoms with Gasteiger partial charge in [0.05, 0.1) is 12.5 Å². The number of aromatic nitrogens is 2. The molecule has 0 fully saturated rings. The fourth-order valence-electron chi connectivity index (χ4n) is 2.75. The highest BCUT2D eigenvalue weighted by atomic mass is 32.1. The molecule has 0 aliphatic rings. The van der Waals surface area contributed by atoms with Crippen molar-refractivity contribution in [3.8, 4) is 17.1 Å². The zero-order valence-corrected chi connectivity index (χ0v) is 14.5. The largest absolute Gasteiger partial charge is 0.497 e. The van der Waals surface area contributed by atoms with Gasteiger partial charge in [0.25, 0.3) is 5.56 Å². The van der Waals surface area contributed by atoms with E-state index in [4.69, 9.17) is 4.74 Å². The minimum absolute atomic E-state index is 0.105. The molecule has 5 heteroatoms. The average molecular weight is 348 g/mol. The van der Waals surface area contributed by atoms with Gasteiger partial charge in [0, 0.05) is 16.9 Å². The highest BCUT2D eigenvalue weighted by Crippen LogP contribution is 2.26. The third kappa shape index (κ3) is 3.19. The van der Waals surface area contributed by atoms with Crippen molar-refractivity contribution in [3.05, 3.63) is 81.5 Å². The maximum absolute atomic E-state index is 12.4. The summed E-state index contributed by atoms with van der Waals surface area (Å²) in [6, 6.07) is 19.7. The molecule has 4 rings (SSSR count). The van der Waals surface area contributed by atoms with Crippen LogP contribution < -0.4 is 10.3 Å². The standard InChI is InChI=1S/C20H16N2O2S/c1-24-15-9-7-14(8-10-15)18-21-19(23)17-12-16(25-20(17)22-18)11-13-5-3-2-4-6-13/h2-10,12H,11H2,1H3,(H,21,22,23). The number of fused-ring (bicyclic) bond motifs is 1. The van der Waals surface area contributed by atoms with Crippen molar-refractivity contribution in [2.75, 3.05) is 7.11 Å². The zero-order valence-electron chi connectivity index (χ0n) is 13.7. The molecule has 0 radical (unpaired) electrons. The van der Waals surface area contributed by atoms with Crippen molar-refractivity contribution in [2.24, 2.45) is 0 Å². The van der Waals surface area contributed by atoms with Gasteiger partial charge in [0.1, 0.15) is 16.4 Å². The van der Waals surface area contributed by atoms with Gasteiger partial charge in [-0.25, -0.2) is 4.98 Å². The number of nitrogens with zero attached hydrogens (tertiary/aromatic N) is 1. The molecule has 0 bridgehead atoms. The predicted molar refractivity (Wildman–Crippen MR) is 101 cm³/mol. The highest BCUT2D eigenvalue weighted by molar-refractivity contribution is 7.18. The summed E-state index contributed by atoms with van der Waals surface area (Å²) in [5.74, 6) is 1.35. The van der Waals surface area contributed by atoms with Gasteiger partial charge in [0.2, 0.25) is 0 Å². The van der Waals surface area contributed by atoms with E-state index in [0.717, 1.165) is 27.4 Å². The predicted octanol–water partition coefficient (Wildman–Crippen LogP) is 4.25. The molecule has 2 heterocycles. The summed E-state index contributed by atoms with van der Waals surface area (Å²) in [5.41, 5.74) is 1.98. The Hall–Kier alpha value is -2.92. The Morgan fingerprint density at radius 1 is 1.08 bits per heavy atom. The van der Waals surface area contributed by atoms with Crippen LogP contribution in [-0.4, -0.2) is 17.1 Å². The van der Waals surface area contributed by atoms with Crippen molar-refractivity contribution < 1.29 is 4.74 Å². The van der Waals surface area contributed by atoms with Crippen LogP contribution in [0, 0.1) is 0 Å². The number of nitrogens with one attached hydrogen (secondary N) is 1. The minimum atomic E-state index is -0.105. The van der Waals surface area contributed by atoms with E-state index in [2.05, 4.69) is 22.1 Å². The molecule has 0 saturated carbocycles. The molecule has 0 spiro atoms. The van der Waals surface area contributed by atoms with Gasteiger partial charge in [-0.15, -0.1) is 11.3 Å². The smallest absolute Gasteiger partial charge is 0.259 e. The molecule has 4 aromatic rings. The van der Waals surface area contributed by atoms with Crippen molar-refractivity contribution in [1.82, 2.24) is 9.97 Å². The summed E-state index contributed by atoms with van der Waals surface area (Å²) < 4.78 is 5.17. The summed E-state index contributed by atoms with van der Waals surface area (Å²) in [6.45, 7) is 0. The number of hydrogen-bond donors (Lipinski definition) is 1. The van der Waals surface area contributed by atoms with E-state index in [1.807, 2.05) is 48.5 Å². The number of methoxy groups -OCH3 is 1. The SMILES string of the molecule is COc1ccc(-c2nc3sc(Cc4ccccc4)cc3c(=O)[nH]2)cc1. The van der Waals surface area contributed by atoms with Crippen LogP contribution in [0.2, 0.25) is 0 Å². The quantitative estimate of drug-likeness (QED) is 0.600. The molecule has 0 unspecified atom stereocenters. The first-order chi connectivity index (χ1) is 12.2. The number of ether oxygens (including phenoxy) is 1. The van der Waals surface area contributed by atoms with Crippen molar-refractivity contribution >= 4 is 21.6 Å². The number of hydrogen-bond acceptors (Lipinski definition) is 4. The maximum Gasteiger partial charge on any atom is 0.259 e. The molecule has 0 aliphatic carbocycles. The third-order valence-electron chi connectivity index (χ3n) is 4.04. The molecule has 0 atom stereocenters. The highest BCUT2D eigenvalue weighted by Gasteiger charge is 2.10. The lowest BCUT2D eigenvalue weighted by Gasteiger charge is -2.03. The molecular weight excluding hydrogens is 332 g/mol. The van der Waals surface area contributed by atoms with Gasteiger partial charge in [-0.1, -0.05) is 30.3 Å². The Bertz CT molecular complexity index is 1070. The Morgan fingerprint density at radius 2 is 1.84 bits per heavy atom. The van der Waals surface area contributed by atoms with Gasteiger partial charge >= 0.3 is 0 Å². The number of benzene rings is 2. The second kappa shape index (κ2) is 6.53. The Morgan fingerprint density at radius 3 is 2.56 bits per heavy atom. The monoisotopic (exact) mass is 348 g/mol. The van der Waals surface area contributed by atoms with E-state index >= 15 is 0 Å². The molecule has 4 nitrogen and oxygen atoms in total. The molecule has 25 heavy (non-hydrogen) atoms. The van der Waals surface area contributed by atoms with Crippen LogP contribution in [0.25, 0.3) is 21.6 Å². The van der Waals surface area contributed by atoms with Crippen LogP contribution in [0.3, 0.4) is 0 Å². The first-order valence-electron chi connectivity index (χ1n) is 7.94. The van der Waals surface area contributed by atoms with E-state index in [1.165, 1.54) is 5.56 Å². The topological polar surface area (TPSA) is 55.0 Å². The van der Waals surface area contributed by atoms with E-state index in [-0.39, 0.29) is 5.56 Å². The van der Waals surface area contributed by atoms with Gasteiger partial charge < -0.3 is 9.72 Å². The first-order valence-corrected chi connectivity index (χ1v) is 8.75. The van der Waals surface area contributed by atoms with Crippen LogP contribution in [0.1, 0.15) is 10.4 Å². The molecule has 0 amide bonds. The Labute approximate surface area is 148 Å². The molecule has 124 valence electrons. The number of H-pyrrole nitrogens is 1. The van der Waals surface area contributed by atoms with Crippen LogP contribution in [-0.2, 0) is 6.42 Å². The van der Waals surface area contributed by atoms with Crippen molar-refractivity contribution in [1.29, 1.82) is 0 Å². The number of thiophene rings is 1. The maximum atomic E-state index is 12.4. The normalized spacial score (nSPS) is 10.9. The minimum Gasteiger partial charge on any atom is -0.497 e. The molecular formula is C20H16N2O2S. The summed E-state index contributed by atoms with van der Waals surface area (Å²) in [5, 5.41) is 0.646. The third-order valence-corrected chi connectivity index (χ3v) is 5.07. The molecule has 1 N–H and O–H groups in total. The summed E-state index contributed by atoms with van der Waals surface area (Å²) in [7, 11) is 1.63. The van der Waals surface area contributed by atoms with Crippen molar-refractivity contribution in [2.45, 2.75) is 6.42 Å². The van der Waals surface area contributed by atoms with Crippen molar-refractivity contribution in [3.63, 3.8) is 0 Å². The number of rotatable bonds is 4. The lowest BCUT2D eigenvalue weighted by Crippen LogP contribution is -2.07. The molecule has 0 saturated heterocycles. The zero-order chi connectivity index (χ0) is 17.2. The van der Waals surface area contributed by atoms with Crippen LogP contribution in [0.5, 0.6) is 5.75 Å². The van der Waals surface area contributed by atoms with Gasteiger partial charge in [-0.2, -0.15) is 0 Å². The molecule has 0 aliphatic heterocycles. The lowest BCUT2D eigenvalue weighted by atomic mass is 10.1. The van der Waals surface area contributed by atoms with E-state index < -0.39 is 0 Å². The van der Waals surface area contributed by atoms with Crippen LogP contribution >= 0.6 is 11.3 Å². The van der Waals surface area contributed by atoms with E-state index in [0.29, 0.717) is 11.2 Å². The van der Waals surface area contributed by atoms with E-state index in [1.54, 1.807) is 18.4 Å². The Balaban J connectivity index is 1.72. The summed E-state index contributed by atoms with van der Waals surface area (Å²) in [4.78, 5) is 21.9. The van der Waals surface area contributed by atoms with Gasteiger partial charge in [-0.3, -0.25) is 4.79 Å². The fourth-order valence-corrected chi connectivity index (χ4v) is 3.81. The van der Waals surface area contributed by atoms with Gasteiger partial charge in [0.15, 0.2) is 0 Å². The van der Waals surface area contributed by atoms with Crippen LogP contribution in [0.15, 0.2) is 65.5 Å². The summed E-state index contributed by atoms with van der Waals surface area (Å²) in [6.07, 6.45) is 0.805. The second-order valence-electron chi connectivity index (χ2n) is 5.74. The fraction of sp³-hybridized carbons (Fsp3) is 0.100.